The van der Waals surface area contributed by atoms with Gasteiger partial charge in [-0.2, -0.15) is 5.26 Å². The molecular formula is C10H8ClF2NO. The average molecular weight is 232 g/mol. The molecule has 0 saturated heterocycles. The Morgan fingerprint density at radius 2 is 2.13 bits per heavy atom. The zero-order valence-corrected chi connectivity index (χ0v) is 8.90. The number of hydrogen-bond acceptors (Lipinski definition) is 2. The average Bonchev–Trinajstić information content (AvgIpc) is 2.24. The van der Waals surface area contributed by atoms with Crippen LogP contribution in [0.15, 0.2) is 6.07 Å². The number of benzene rings is 1. The lowest BCUT2D eigenvalue weighted by Gasteiger charge is -2.12. The van der Waals surface area contributed by atoms with Gasteiger partial charge in [0.15, 0.2) is 11.6 Å². The third kappa shape index (κ3) is 2.02. The van der Waals surface area contributed by atoms with E-state index < -0.39 is 22.6 Å². The molecule has 1 unspecified atom stereocenters. The topological polar surface area (TPSA) is 33.0 Å². The fraction of sp³-hybridized carbons (Fsp3) is 0.300. The Kier molecular flexibility index (Phi) is 3.48. The molecule has 1 aromatic carbocycles. The molecule has 0 bridgehead atoms. The van der Waals surface area contributed by atoms with Crippen LogP contribution < -0.4 is 4.74 Å². The number of ether oxygens (including phenoxy) is 1. The van der Waals surface area contributed by atoms with Crippen molar-refractivity contribution in [2.45, 2.75) is 12.8 Å². The molecule has 0 N–H and O–H groups in total. The van der Waals surface area contributed by atoms with Crippen LogP contribution in [0.4, 0.5) is 8.78 Å². The zero-order valence-electron chi connectivity index (χ0n) is 8.14. The minimum Gasteiger partial charge on any atom is -0.495 e. The number of rotatable bonds is 2. The molecule has 0 amide bonds. The van der Waals surface area contributed by atoms with Crippen LogP contribution in [0, 0.1) is 23.0 Å². The standard InChI is InChI=1S/C10H8ClF2NO/c1-5(4-14)6-3-7(12)9(13)8(11)10(6)15-2/h3,5H,1-2H3. The van der Waals surface area contributed by atoms with E-state index in [0.29, 0.717) is 0 Å². The first-order valence-corrected chi connectivity index (χ1v) is 4.51. The Hall–Kier alpha value is -1.34. The molecule has 0 aliphatic heterocycles. The van der Waals surface area contributed by atoms with Crippen molar-refractivity contribution in [3.63, 3.8) is 0 Å². The van der Waals surface area contributed by atoms with E-state index in [1.54, 1.807) is 6.92 Å². The van der Waals surface area contributed by atoms with Crippen molar-refractivity contribution < 1.29 is 13.5 Å². The third-order valence-electron chi connectivity index (χ3n) is 2.01. The highest BCUT2D eigenvalue weighted by Crippen LogP contribution is 2.36. The molecule has 0 aliphatic rings. The summed E-state index contributed by atoms with van der Waals surface area (Å²) in [6.07, 6.45) is 0. The van der Waals surface area contributed by atoms with E-state index in [1.807, 2.05) is 6.07 Å². The van der Waals surface area contributed by atoms with Gasteiger partial charge in [0, 0.05) is 5.56 Å². The molecule has 1 atom stereocenters. The monoisotopic (exact) mass is 231 g/mol. The summed E-state index contributed by atoms with van der Waals surface area (Å²) in [7, 11) is 1.28. The van der Waals surface area contributed by atoms with Gasteiger partial charge in [0.25, 0.3) is 0 Å². The molecule has 15 heavy (non-hydrogen) atoms. The predicted molar refractivity (Wildman–Crippen MR) is 51.9 cm³/mol. The van der Waals surface area contributed by atoms with Crippen molar-refractivity contribution in [3.8, 4) is 11.8 Å². The Labute approximate surface area is 91.0 Å². The Morgan fingerprint density at radius 3 is 2.60 bits per heavy atom. The lowest BCUT2D eigenvalue weighted by Crippen LogP contribution is -2.00. The Bertz CT molecular complexity index is 428. The highest BCUT2D eigenvalue weighted by Gasteiger charge is 2.20. The van der Waals surface area contributed by atoms with Crippen molar-refractivity contribution in [2.75, 3.05) is 7.11 Å². The van der Waals surface area contributed by atoms with Gasteiger partial charge < -0.3 is 4.74 Å². The van der Waals surface area contributed by atoms with E-state index >= 15 is 0 Å². The van der Waals surface area contributed by atoms with Gasteiger partial charge in [0.05, 0.1) is 19.1 Å². The molecule has 0 fully saturated rings. The Morgan fingerprint density at radius 1 is 1.53 bits per heavy atom. The lowest BCUT2D eigenvalue weighted by molar-refractivity contribution is 0.400. The molecule has 0 aromatic heterocycles. The number of nitriles is 1. The summed E-state index contributed by atoms with van der Waals surface area (Å²) in [4.78, 5) is 0. The van der Waals surface area contributed by atoms with Gasteiger partial charge in [-0.25, -0.2) is 8.78 Å². The predicted octanol–water partition coefficient (Wildman–Crippen LogP) is 3.25. The van der Waals surface area contributed by atoms with Crippen LogP contribution in [0.5, 0.6) is 5.75 Å². The van der Waals surface area contributed by atoms with Crippen molar-refractivity contribution in [2.24, 2.45) is 0 Å². The van der Waals surface area contributed by atoms with Gasteiger partial charge in [0.1, 0.15) is 10.8 Å². The Balaban J connectivity index is 3.46. The van der Waals surface area contributed by atoms with E-state index in [1.165, 1.54) is 7.11 Å². The molecule has 0 heterocycles. The summed E-state index contributed by atoms with van der Waals surface area (Å²) < 4.78 is 30.9. The summed E-state index contributed by atoms with van der Waals surface area (Å²) >= 11 is 5.56. The highest BCUT2D eigenvalue weighted by molar-refractivity contribution is 6.32. The molecule has 1 aromatic rings. The zero-order chi connectivity index (χ0) is 11.6. The quantitative estimate of drug-likeness (QED) is 0.732. The first kappa shape index (κ1) is 11.7. The van der Waals surface area contributed by atoms with Gasteiger partial charge >= 0.3 is 0 Å². The van der Waals surface area contributed by atoms with Crippen LogP contribution in [-0.2, 0) is 0 Å². The van der Waals surface area contributed by atoms with Crippen molar-refractivity contribution in [1.29, 1.82) is 5.26 Å². The van der Waals surface area contributed by atoms with Crippen LogP contribution in [0.3, 0.4) is 0 Å². The first-order chi connectivity index (χ1) is 7.02. The summed E-state index contributed by atoms with van der Waals surface area (Å²) in [6, 6.07) is 2.83. The molecule has 80 valence electrons. The normalized spacial score (nSPS) is 12.0. The van der Waals surface area contributed by atoms with Gasteiger partial charge in [0.2, 0.25) is 0 Å². The summed E-state index contributed by atoms with van der Waals surface area (Å²) in [5.74, 6) is -2.86. The molecule has 1 rings (SSSR count). The van der Waals surface area contributed by atoms with Crippen LogP contribution in [0.2, 0.25) is 5.02 Å². The maximum atomic E-state index is 13.1. The fourth-order valence-corrected chi connectivity index (χ4v) is 1.47. The van der Waals surface area contributed by atoms with E-state index in [4.69, 9.17) is 21.6 Å². The minimum atomic E-state index is -1.16. The summed E-state index contributed by atoms with van der Waals surface area (Å²) in [6.45, 7) is 1.55. The summed E-state index contributed by atoms with van der Waals surface area (Å²) in [5, 5.41) is 8.26. The number of hydrogen-bond donors (Lipinski definition) is 0. The number of nitrogens with zero attached hydrogens (tertiary/aromatic N) is 1. The van der Waals surface area contributed by atoms with Crippen LogP contribution in [0.1, 0.15) is 18.4 Å². The largest absolute Gasteiger partial charge is 0.495 e. The molecule has 0 aliphatic carbocycles. The second kappa shape index (κ2) is 4.45. The van der Waals surface area contributed by atoms with E-state index in [2.05, 4.69) is 0 Å². The van der Waals surface area contributed by atoms with Crippen molar-refractivity contribution in [3.05, 3.63) is 28.3 Å². The van der Waals surface area contributed by atoms with E-state index in [9.17, 15) is 8.78 Å². The van der Waals surface area contributed by atoms with Gasteiger partial charge in [-0.05, 0) is 13.0 Å². The second-order valence-electron chi connectivity index (χ2n) is 2.96. The van der Waals surface area contributed by atoms with E-state index in [-0.39, 0.29) is 11.3 Å². The maximum absolute atomic E-state index is 13.1. The molecule has 0 saturated carbocycles. The van der Waals surface area contributed by atoms with Gasteiger partial charge in [-0.1, -0.05) is 11.6 Å². The SMILES string of the molecule is COc1c(C(C)C#N)cc(F)c(F)c1Cl. The molecular weight excluding hydrogens is 224 g/mol. The van der Waals surface area contributed by atoms with Gasteiger partial charge in [-0.15, -0.1) is 0 Å². The second-order valence-corrected chi connectivity index (χ2v) is 3.34. The van der Waals surface area contributed by atoms with Gasteiger partial charge in [-0.3, -0.25) is 0 Å². The van der Waals surface area contributed by atoms with Crippen molar-refractivity contribution >= 4 is 11.6 Å². The third-order valence-corrected chi connectivity index (χ3v) is 2.35. The number of halogens is 3. The minimum absolute atomic E-state index is 0.00427. The smallest absolute Gasteiger partial charge is 0.181 e. The highest BCUT2D eigenvalue weighted by atomic mass is 35.5. The molecule has 2 nitrogen and oxygen atoms in total. The molecule has 0 radical (unpaired) electrons. The van der Waals surface area contributed by atoms with Crippen molar-refractivity contribution in [1.82, 2.24) is 0 Å². The maximum Gasteiger partial charge on any atom is 0.181 e. The molecule has 5 heteroatoms. The fourth-order valence-electron chi connectivity index (χ4n) is 1.20. The lowest BCUT2D eigenvalue weighted by atomic mass is 10.0. The number of methoxy groups -OCH3 is 1. The summed E-state index contributed by atoms with van der Waals surface area (Å²) in [5.41, 5.74) is 0.240. The van der Waals surface area contributed by atoms with Crippen LogP contribution >= 0.6 is 11.6 Å². The molecule has 0 spiro atoms. The van der Waals surface area contributed by atoms with E-state index in [0.717, 1.165) is 6.07 Å². The first-order valence-electron chi connectivity index (χ1n) is 4.13. The van der Waals surface area contributed by atoms with Crippen LogP contribution in [-0.4, -0.2) is 7.11 Å². The van der Waals surface area contributed by atoms with Crippen LogP contribution in [0.25, 0.3) is 0 Å².